The summed E-state index contributed by atoms with van der Waals surface area (Å²) in [5.41, 5.74) is 3.72. The predicted octanol–water partition coefficient (Wildman–Crippen LogP) is 4.87. The molecule has 3 nitrogen and oxygen atoms in total. The quantitative estimate of drug-likeness (QED) is 0.545. The van der Waals surface area contributed by atoms with Gasteiger partial charge in [0, 0.05) is 10.9 Å². The van der Waals surface area contributed by atoms with Gasteiger partial charge in [-0.3, -0.25) is 10.1 Å². The lowest BCUT2D eigenvalue weighted by molar-refractivity contribution is -0.120. The van der Waals surface area contributed by atoms with Crippen molar-refractivity contribution < 1.29 is 4.79 Å². The molecule has 1 heterocycles. The molecule has 2 aromatic carbocycles. The summed E-state index contributed by atoms with van der Waals surface area (Å²) in [6, 6.07) is 23.2. The Morgan fingerprint density at radius 3 is 2.43 bits per heavy atom. The number of hydrogen-bond acceptors (Lipinski definition) is 3. The maximum absolute atomic E-state index is 12.5. The largest absolute Gasteiger partial charge is 0.353 e. The van der Waals surface area contributed by atoms with Gasteiger partial charge in [-0.05, 0) is 49.3 Å². The number of thiophene rings is 1. The van der Waals surface area contributed by atoms with Crippen LogP contribution in [-0.4, -0.2) is 18.5 Å². The molecule has 0 aliphatic heterocycles. The van der Waals surface area contributed by atoms with Gasteiger partial charge in [-0.1, -0.05) is 66.2 Å². The number of hydrogen-bond donors (Lipinski definition) is 2. The van der Waals surface area contributed by atoms with Gasteiger partial charge in [0.25, 0.3) is 0 Å². The maximum Gasteiger partial charge on any atom is 0.234 e. The van der Waals surface area contributed by atoms with Gasteiger partial charge < -0.3 is 5.32 Å². The van der Waals surface area contributed by atoms with Crippen molar-refractivity contribution in [1.82, 2.24) is 10.6 Å². The van der Waals surface area contributed by atoms with Crippen molar-refractivity contribution in [2.45, 2.75) is 38.8 Å². The molecule has 28 heavy (non-hydrogen) atoms. The third kappa shape index (κ3) is 6.04. The highest BCUT2D eigenvalue weighted by Gasteiger charge is 2.16. The van der Waals surface area contributed by atoms with E-state index in [0.717, 1.165) is 12.8 Å². The van der Waals surface area contributed by atoms with Gasteiger partial charge in [-0.25, -0.2) is 0 Å². The van der Waals surface area contributed by atoms with E-state index in [1.165, 1.54) is 21.6 Å². The topological polar surface area (TPSA) is 41.1 Å². The van der Waals surface area contributed by atoms with E-state index in [0.29, 0.717) is 6.54 Å². The highest BCUT2D eigenvalue weighted by atomic mass is 32.1. The molecule has 0 unspecified atom stereocenters. The molecule has 0 aliphatic carbocycles. The number of aryl methyl sites for hydroxylation is 2. The molecule has 2 atom stereocenters. The maximum atomic E-state index is 12.5. The fourth-order valence-corrected chi connectivity index (χ4v) is 4.04. The summed E-state index contributed by atoms with van der Waals surface area (Å²) in [4.78, 5) is 13.7. The molecule has 0 fully saturated rings. The highest BCUT2D eigenvalue weighted by Crippen LogP contribution is 2.26. The van der Waals surface area contributed by atoms with Gasteiger partial charge in [0.05, 0.1) is 12.6 Å². The van der Waals surface area contributed by atoms with Gasteiger partial charge in [-0.15, -0.1) is 11.3 Å². The van der Waals surface area contributed by atoms with Crippen molar-refractivity contribution in [3.05, 3.63) is 93.7 Å². The van der Waals surface area contributed by atoms with E-state index >= 15 is 0 Å². The highest BCUT2D eigenvalue weighted by molar-refractivity contribution is 7.10. The van der Waals surface area contributed by atoms with Crippen molar-refractivity contribution in [1.29, 1.82) is 0 Å². The molecule has 3 aromatic rings. The van der Waals surface area contributed by atoms with Gasteiger partial charge in [0.15, 0.2) is 0 Å². The van der Waals surface area contributed by atoms with Crippen molar-refractivity contribution in [2.24, 2.45) is 0 Å². The second kappa shape index (κ2) is 10.2. The molecule has 1 aromatic heterocycles. The molecule has 146 valence electrons. The minimum Gasteiger partial charge on any atom is -0.353 e. The Balaban J connectivity index is 1.52. The Morgan fingerprint density at radius 1 is 1.00 bits per heavy atom. The summed E-state index contributed by atoms with van der Waals surface area (Å²) in [6.45, 7) is 4.45. The van der Waals surface area contributed by atoms with Gasteiger partial charge in [0.1, 0.15) is 0 Å². The molecule has 0 saturated carbocycles. The first-order valence-corrected chi connectivity index (χ1v) is 10.7. The Labute approximate surface area is 171 Å². The van der Waals surface area contributed by atoms with Crippen LogP contribution >= 0.6 is 11.3 Å². The normalized spacial score (nSPS) is 13.1. The van der Waals surface area contributed by atoms with Gasteiger partial charge in [0.2, 0.25) is 5.91 Å². The molecular formula is C24H28N2OS. The van der Waals surface area contributed by atoms with Crippen molar-refractivity contribution in [3.63, 3.8) is 0 Å². The van der Waals surface area contributed by atoms with Crippen LogP contribution in [0.2, 0.25) is 0 Å². The lowest BCUT2D eigenvalue weighted by Gasteiger charge is -2.19. The minimum absolute atomic E-state index is 0.0333. The Kier molecular flexibility index (Phi) is 7.40. The second-order valence-electron chi connectivity index (χ2n) is 7.23. The number of rotatable bonds is 9. The van der Waals surface area contributed by atoms with Crippen LogP contribution in [0.5, 0.6) is 0 Å². The number of carbonyl (C=O) groups is 1. The van der Waals surface area contributed by atoms with Crippen LogP contribution in [0.1, 0.15) is 41.0 Å². The molecule has 0 bridgehead atoms. The van der Waals surface area contributed by atoms with E-state index in [1.807, 2.05) is 6.07 Å². The summed E-state index contributed by atoms with van der Waals surface area (Å²) in [7, 11) is 0. The zero-order valence-corrected chi connectivity index (χ0v) is 17.3. The summed E-state index contributed by atoms with van der Waals surface area (Å²) in [5, 5.41) is 8.62. The Morgan fingerprint density at radius 2 is 1.75 bits per heavy atom. The van der Waals surface area contributed by atoms with Crippen LogP contribution in [0.4, 0.5) is 0 Å². The van der Waals surface area contributed by atoms with Crippen molar-refractivity contribution >= 4 is 17.2 Å². The summed E-state index contributed by atoms with van der Waals surface area (Å²) < 4.78 is 0. The standard InChI is InChI=1S/C24H28N2OS/c1-18-10-14-21(15-11-18)24(22-9-6-16-28-22)25-17-23(27)26-19(2)12-13-20-7-4-3-5-8-20/h3-11,14-16,19,24-25H,12-13,17H2,1-2H3,(H,26,27)/t19-,24-/m0/s1. The van der Waals surface area contributed by atoms with E-state index in [-0.39, 0.29) is 18.0 Å². The summed E-state index contributed by atoms with van der Waals surface area (Å²) >= 11 is 1.71. The van der Waals surface area contributed by atoms with Crippen LogP contribution in [-0.2, 0) is 11.2 Å². The molecule has 1 amide bonds. The number of benzene rings is 2. The molecule has 0 aliphatic rings. The van der Waals surface area contributed by atoms with E-state index in [4.69, 9.17) is 0 Å². The SMILES string of the molecule is Cc1ccc([C@H](NCC(=O)N[C@@H](C)CCc2ccccc2)c2cccs2)cc1. The summed E-state index contributed by atoms with van der Waals surface area (Å²) in [5.74, 6) is 0.0363. The molecule has 4 heteroatoms. The zero-order valence-electron chi connectivity index (χ0n) is 16.5. The lowest BCUT2D eigenvalue weighted by atomic mass is 10.0. The molecule has 2 N–H and O–H groups in total. The van der Waals surface area contributed by atoms with E-state index in [2.05, 4.69) is 90.5 Å². The molecule has 0 spiro atoms. The number of carbonyl (C=O) groups excluding carboxylic acids is 1. The van der Waals surface area contributed by atoms with Crippen LogP contribution in [0.15, 0.2) is 72.1 Å². The monoisotopic (exact) mass is 392 g/mol. The number of amides is 1. The van der Waals surface area contributed by atoms with Crippen molar-refractivity contribution in [3.8, 4) is 0 Å². The first-order chi connectivity index (χ1) is 13.6. The lowest BCUT2D eigenvalue weighted by Crippen LogP contribution is -2.40. The van der Waals surface area contributed by atoms with Crippen molar-refractivity contribution in [2.75, 3.05) is 6.54 Å². The fourth-order valence-electron chi connectivity index (χ4n) is 3.22. The minimum atomic E-state index is 0.0333. The third-order valence-corrected chi connectivity index (χ3v) is 5.76. The molecule has 0 radical (unpaired) electrons. The van der Waals surface area contributed by atoms with Crippen LogP contribution in [0, 0.1) is 6.92 Å². The molecular weight excluding hydrogens is 364 g/mol. The van der Waals surface area contributed by atoms with Crippen LogP contribution in [0.25, 0.3) is 0 Å². The molecule has 0 saturated heterocycles. The second-order valence-corrected chi connectivity index (χ2v) is 8.21. The average Bonchev–Trinajstić information content (AvgIpc) is 3.23. The van der Waals surface area contributed by atoms with Gasteiger partial charge >= 0.3 is 0 Å². The smallest absolute Gasteiger partial charge is 0.234 e. The third-order valence-electron chi connectivity index (χ3n) is 4.82. The van der Waals surface area contributed by atoms with E-state index in [1.54, 1.807) is 11.3 Å². The first-order valence-electron chi connectivity index (χ1n) is 9.78. The van der Waals surface area contributed by atoms with Crippen LogP contribution < -0.4 is 10.6 Å². The summed E-state index contributed by atoms with van der Waals surface area (Å²) in [6.07, 6.45) is 1.90. The fraction of sp³-hybridized carbons (Fsp3) is 0.292. The Bertz CT molecular complexity index is 844. The van der Waals surface area contributed by atoms with E-state index in [9.17, 15) is 4.79 Å². The van der Waals surface area contributed by atoms with Crippen LogP contribution in [0.3, 0.4) is 0 Å². The zero-order chi connectivity index (χ0) is 19.8. The van der Waals surface area contributed by atoms with E-state index < -0.39 is 0 Å². The average molecular weight is 393 g/mol. The first kappa shape index (κ1) is 20.3. The Hall–Kier alpha value is -2.43. The predicted molar refractivity (Wildman–Crippen MR) is 118 cm³/mol. The molecule has 3 rings (SSSR count). The number of nitrogens with one attached hydrogen (secondary N) is 2. The van der Waals surface area contributed by atoms with Gasteiger partial charge in [-0.2, -0.15) is 0 Å².